The van der Waals surface area contributed by atoms with Gasteiger partial charge in [-0.15, -0.1) is 0 Å². The van der Waals surface area contributed by atoms with Gasteiger partial charge in [-0.05, 0) is 18.9 Å². The molecule has 3 nitrogen and oxygen atoms in total. The maximum absolute atomic E-state index is 5.52. The maximum atomic E-state index is 5.52. The van der Waals surface area contributed by atoms with Crippen LogP contribution in [0, 0.1) is 0 Å². The molecule has 3 heteroatoms. The summed E-state index contributed by atoms with van der Waals surface area (Å²) >= 11 is 0. The third-order valence-corrected chi connectivity index (χ3v) is 2.89. The SMILES string of the molecule is NCc1cc(C2CCCCC2)n[nH]1. The van der Waals surface area contributed by atoms with Gasteiger partial charge in [0.1, 0.15) is 0 Å². The molecule has 3 N–H and O–H groups in total. The second kappa shape index (κ2) is 3.92. The van der Waals surface area contributed by atoms with E-state index in [0.29, 0.717) is 12.5 Å². The first-order valence-electron chi connectivity index (χ1n) is 5.14. The Bertz CT molecular complexity index is 261. The van der Waals surface area contributed by atoms with Crippen molar-refractivity contribution in [3.05, 3.63) is 17.5 Å². The molecule has 0 bridgehead atoms. The van der Waals surface area contributed by atoms with Crippen LogP contribution in [0.15, 0.2) is 6.07 Å². The van der Waals surface area contributed by atoms with Crippen molar-refractivity contribution in [2.75, 3.05) is 0 Å². The van der Waals surface area contributed by atoms with Crippen LogP contribution in [0.5, 0.6) is 0 Å². The van der Waals surface area contributed by atoms with Gasteiger partial charge in [0.15, 0.2) is 0 Å². The van der Waals surface area contributed by atoms with Gasteiger partial charge in [0.05, 0.1) is 5.69 Å². The molecule has 0 aliphatic heterocycles. The second-order valence-electron chi connectivity index (χ2n) is 3.86. The van der Waals surface area contributed by atoms with E-state index in [1.165, 1.54) is 37.8 Å². The van der Waals surface area contributed by atoms with E-state index in [1.807, 2.05) is 0 Å². The fraction of sp³-hybridized carbons (Fsp3) is 0.700. The van der Waals surface area contributed by atoms with Crippen molar-refractivity contribution in [3.8, 4) is 0 Å². The van der Waals surface area contributed by atoms with Gasteiger partial charge in [-0.25, -0.2) is 0 Å². The number of aromatic nitrogens is 2. The molecule has 72 valence electrons. The monoisotopic (exact) mass is 179 g/mol. The van der Waals surface area contributed by atoms with Gasteiger partial charge >= 0.3 is 0 Å². The normalized spacial score (nSPS) is 19.2. The topological polar surface area (TPSA) is 54.7 Å². The minimum atomic E-state index is 0.569. The smallest absolute Gasteiger partial charge is 0.0656 e. The van der Waals surface area contributed by atoms with Gasteiger partial charge in [0.2, 0.25) is 0 Å². The predicted molar refractivity (Wildman–Crippen MR) is 52.3 cm³/mol. The van der Waals surface area contributed by atoms with E-state index < -0.39 is 0 Å². The Hall–Kier alpha value is -0.830. The Balaban J connectivity index is 2.05. The highest BCUT2D eigenvalue weighted by atomic mass is 15.1. The van der Waals surface area contributed by atoms with Crippen LogP contribution in [0.2, 0.25) is 0 Å². The largest absolute Gasteiger partial charge is 0.325 e. The first-order chi connectivity index (χ1) is 6.40. The van der Waals surface area contributed by atoms with Crippen LogP contribution in [-0.4, -0.2) is 10.2 Å². The predicted octanol–water partition coefficient (Wildman–Crippen LogP) is 1.92. The summed E-state index contributed by atoms with van der Waals surface area (Å²) in [6.45, 7) is 0.569. The molecular weight excluding hydrogens is 162 g/mol. The first-order valence-corrected chi connectivity index (χ1v) is 5.14. The highest BCUT2D eigenvalue weighted by Gasteiger charge is 2.17. The molecule has 2 rings (SSSR count). The average Bonchev–Trinajstić information content (AvgIpc) is 2.67. The highest BCUT2D eigenvalue weighted by molar-refractivity contribution is 5.13. The molecule has 1 saturated carbocycles. The van der Waals surface area contributed by atoms with Gasteiger partial charge in [-0.1, -0.05) is 19.3 Å². The summed E-state index contributed by atoms with van der Waals surface area (Å²) in [6.07, 6.45) is 6.71. The third kappa shape index (κ3) is 1.91. The van der Waals surface area contributed by atoms with E-state index in [-0.39, 0.29) is 0 Å². The van der Waals surface area contributed by atoms with Crippen LogP contribution in [0.4, 0.5) is 0 Å². The lowest BCUT2D eigenvalue weighted by atomic mass is 9.87. The molecule has 0 amide bonds. The number of nitrogens with two attached hydrogens (primary N) is 1. The van der Waals surface area contributed by atoms with Crippen molar-refractivity contribution in [2.45, 2.75) is 44.6 Å². The molecule has 0 aromatic carbocycles. The summed E-state index contributed by atoms with van der Waals surface area (Å²) in [4.78, 5) is 0. The molecule has 0 radical (unpaired) electrons. The van der Waals surface area contributed by atoms with E-state index in [2.05, 4.69) is 16.3 Å². The molecule has 0 unspecified atom stereocenters. The molecule has 0 spiro atoms. The van der Waals surface area contributed by atoms with Crippen molar-refractivity contribution < 1.29 is 0 Å². The molecule has 1 aromatic heterocycles. The van der Waals surface area contributed by atoms with Gasteiger partial charge in [0, 0.05) is 18.2 Å². The van der Waals surface area contributed by atoms with Gasteiger partial charge in [-0.2, -0.15) is 5.10 Å². The number of rotatable bonds is 2. The zero-order valence-corrected chi connectivity index (χ0v) is 7.92. The van der Waals surface area contributed by atoms with Crippen LogP contribution >= 0.6 is 0 Å². The fourth-order valence-electron chi connectivity index (χ4n) is 2.09. The summed E-state index contributed by atoms with van der Waals surface area (Å²) in [5.74, 6) is 0.685. The lowest BCUT2D eigenvalue weighted by molar-refractivity contribution is 0.436. The molecule has 0 atom stereocenters. The Morgan fingerprint density at radius 1 is 1.38 bits per heavy atom. The van der Waals surface area contributed by atoms with Crippen molar-refractivity contribution in [3.63, 3.8) is 0 Å². The Morgan fingerprint density at radius 2 is 2.15 bits per heavy atom. The summed E-state index contributed by atoms with van der Waals surface area (Å²) < 4.78 is 0. The highest BCUT2D eigenvalue weighted by Crippen LogP contribution is 2.31. The summed E-state index contributed by atoms with van der Waals surface area (Å²) in [5.41, 5.74) is 7.80. The lowest BCUT2D eigenvalue weighted by Crippen LogP contribution is -2.04. The average molecular weight is 179 g/mol. The summed E-state index contributed by atoms with van der Waals surface area (Å²) in [7, 11) is 0. The number of hydrogen-bond donors (Lipinski definition) is 2. The maximum Gasteiger partial charge on any atom is 0.0656 e. The third-order valence-electron chi connectivity index (χ3n) is 2.89. The molecule has 1 aliphatic rings. The van der Waals surface area contributed by atoms with Crippen molar-refractivity contribution in [1.29, 1.82) is 0 Å². The Kier molecular flexibility index (Phi) is 2.64. The Morgan fingerprint density at radius 3 is 2.77 bits per heavy atom. The van der Waals surface area contributed by atoms with Gasteiger partial charge in [0.25, 0.3) is 0 Å². The van der Waals surface area contributed by atoms with Crippen molar-refractivity contribution in [1.82, 2.24) is 10.2 Å². The molecule has 1 aromatic rings. The molecule has 1 heterocycles. The van der Waals surface area contributed by atoms with E-state index in [9.17, 15) is 0 Å². The van der Waals surface area contributed by atoms with Crippen LogP contribution in [0.1, 0.15) is 49.4 Å². The van der Waals surface area contributed by atoms with Crippen LogP contribution in [-0.2, 0) is 6.54 Å². The van der Waals surface area contributed by atoms with E-state index >= 15 is 0 Å². The first kappa shape index (κ1) is 8.75. The van der Waals surface area contributed by atoms with Crippen LogP contribution in [0.3, 0.4) is 0 Å². The zero-order chi connectivity index (χ0) is 9.10. The Labute approximate surface area is 78.7 Å². The second-order valence-corrected chi connectivity index (χ2v) is 3.86. The summed E-state index contributed by atoms with van der Waals surface area (Å²) in [5, 5.41) is 7.28. The fourth-order valence-corrected chi connectivity index (χ4v) is 2.09. The zero-order valence-electron chi connectivity index (χ0n) is 7.92. The lowest BCUT2D eigenvalue weighted by Gasteiger charge is -2.19. The van der Waals surface area contributed by atoms with Crippen LogP contribution in [0.25, 0.3) is 0 Å². The molecular formula is C10H17N3. The minimum absolute atomic E-state index is 0.569. The number of H-pyrrole nitrogens is 1. The molecule has 0 saturated heterocycles. The minimum Gasteiger partial charge on any atom is -0.325 e. The van der Waals surface area contributed by atoms with Gasteiger partial charge in [-0.3, -0.25) is 5.10 Å². The van der Waals surface area contributed by atoms with E-state index in [0.717, 1.165) is 5.69 Å². The van der Waals surface area contributed by atoms with Crippen LogP contribution < -0.4 is 5.73 Å². The number of nitrogens with one attached hydrogen (secondary N) is 1. The molecule has 13 heavy (non-hydrogen) atoms. The quantitative estimate of drug-likeness (QED) is 0.728. The standard InChI is InChI=1S/C10H17N3/c11-7-9-6-10(13-12-9)8-4-2-1-3-5-8/h6,8H,1-5,7,11H2,(H,12,13). The number of nitrogens with zero attached hydrogens (tertiary/aromatic N) is 1. The number of aromatic amines is 1. The molecule has 1 aliphatic carbocycles. The van der Waals surface area contributed by atoms with Crippen molar-refractivity contribution in [2.24, 2.45) is 5.73 Å². The molecule has 1 fully saturated rings. The van der Waals surface area contributed by atoms with Crippen molar-refractivity contribution >= 4 is 0 Å². The van der Waals surface area contributed by atoms with Gasteiger partial charge < -0.3 is 5.73 Å². The van der Waals surface area contributed by atoms with E-state index in [4.69, 9.17) is 5.73 Å². The number of hydrogen-bond acceptors (Lipinski definition) is 2. The van der Waals surface area contributed by atoms with E-state index in [1.54, 1.807) is 0 Å². The summed E-state index contributed by atoms with van der Waals surface area (Å²) in [6, 6.07) is 2.12.